The molecule has 0 saturated carbocycles. The van der Waals surface area contributed by atoms with Crippen molar-refractivity contribution >= 4 is 11.6 Å². The van der Waals surface area contributed by atoms with Gasteiger partial charge in [0.2, 0.25) is 0 Å². The second-order valence-corrected chi connectivity index (χ2v) is 6.99. The molecule has 1 amide bonds. The van der Waals surface area contributed by atoms with Gasteiger partial charge in [-0.05, 0) is 18.9 Å². The zero-order chi connectivity index (χ0) is 17.4. The largest absolute Gasteiger partial charge is 0.379 e. The number of hydrogen-bond acceptors (Lipinski definition) is 5. The molecule has 25 heavy (non-hydrogen) atoms. The number of hydrogen-bond donors (Lipinski definition) is 0. The highest BCUT2D eigenvalue weighted by Gasteiger charge is 2.38. The average Bonchev–Trinajstić information content (AvgIpc) is 3.25. The van der Waals surface area contributed by atoms with E-state index >= 15 is 0 Å². The van der Waals surface area contributed by atoms with Gasteiger partial charge in [0, 0.05) is 44.1 Å². The zero-order valence-corrected chi connectivity index (χ0v) is 14.9. The number of morpholine rings is 1. The van der Waals surface area contributed by atoms with Crippen LogP contribution in [0.4, 0.5) is 0 Å². The molecule has 2 aliphatic heterocycles. The minimum atomic E-state index is 0.0438. The molecule has 2 aromatic heterocycles. The molecule has 0 bridgehead atoms. The summed E-state index contributed by atoms with van der Waals surface area (Å²) in [5.41, 5.74) is 2.13. The molecule has 2 fully saturated rings. The first kappa shape index (κ1) is 16.5. The van der Waals surface area contributed by atoms with Crippen LogP contribution >= 0.6 is 0 Å². The summed E-state index contributed by atoms with van der Waals surface area (Å²) in [5, 5.41) is 4.28. The van der Waals surface area contributed by atoms with Crippen LogP contribution in [0.15, 0.2) is 18.5 Å². The summed E-state index contributed by atoms with van der Waals surface area (Å²) in [4.78, 5) is 22.1. The summed E-state index contributed by atoms with van der Waals surface area (Å²) < 4.78 is 7.15. The molecule has 2 aliphatic rings. The molecule has 2 atom stereocenters. The highest BCUT2D eigenvalue weighted by Crippen LogP contribution is 2.27. The van der Waals surface area contributed by atoms with E-state index in [0.717, 1.165) is 51.5 Å². The van der Waals surface area contributed by atoms with E-state index in [4.69, 9.17) is 4.74 Å². The molecule has 0 radical (unpaired) electrons. The summed E-state index contributed by atoms with van der Waals surface area (Å²) in [6.07, 6.45) is 4.58. The van der Waals surface area contributed by atoms with Crippen LogP contribution in [0, 0.1) is 12.8 Å². The lowest BCUT2D eigenvalue weighted by Crippen LogP contribution is -2.47. The van der Waals surface area contributed by atoms with Crippen LogP contribution in [-0.4, -0.2) is 75.7 Å². The quantitative estimate of drug-likeness (QED) is 0.839. The molecule has 0 aliphatic carbocycles. The van der Waals surface area contributed by atoms with E-state index < -0.39 is 0 Å². The lowest BCUT2D eigenvalue weighted by Gasteiger charge is -2.34. The summed E-state index contributed by atoms with van der Waals surface area (Å²) >= 11 is 0. The third kappa shape index (κ3) is 3.02. The van der Waals surface area contributed by atoms with Crippen molar-refractivity contribution in [2.75, 3.05) is 39.4 Å². The molecule has 7 nitrogen and oxygen atoms in total. The first-order valence-corrected chi connectivity index (χ1v) is 9.09. The Morgan fingerprint density at radius 1 is 1.32 bits per heavy atom. The summed E-state index contributed by atoms with van der Waals surface area (Å²) in [6.45, 7) is 9.23. The Balaban J connectivity index is 1.56. The van der Waals surface area contributed by atoms with Crippen LogP contribution in [0.1, 0.15) is 29.4 Å². The van der Waals surface area contributed by atoms with Crippen molar-refractivity contribution in [2.24, 2.45) is 5.92 Å². The second-order valence-electron chi connectivity index (χ2n) is 6.99. The van der Waals surface area contributed by atoms with Gasteiger partial charge >= 0.3 is 0 Å². The van der Waals surface area contributed by atoms with Gasteiger partial charge in [0.15, 0.2) is 5.65 Å². The Labute approximate surface area is 147 Å². The number of likely N-dealkylation sites (tertiary alicyclic amines) is 1. The third-order valence-corrected chi connectivity index (χ3v) is 5.47. The lowest BCUT2D eigenvalue weighted by molar-refractivity contribution is 0.0103. The maximum absolute atomic E-state index is 13.1. The van der Waals surface area contributed by atoms with E-state index in [9.17, 15) is 4.79 Å². The molecular weight excluding hydrogens is 318 g/mol. The van der Waals surface area contributed by atoms with Gasteiger partial charge in [-0.15, -0.1) is 0 Å². The number of carbonyl (C=O) groups is 1. The minimum absolute atomic E-state index is 0.0438. The number of ether oxygens (including phenoxy) is 1. The van der Waals surface area contributed by atoms with Gasteiger partial charge in [-0.1, -0.05) is 13.3 Å². The van der Waals surface area contributed by atoms with Crippen LogP contribution in [0.25, 0.3) is 5.65 Å². The second kappa shape index (κ2) is 6.72. The van der Waals surface area contributed by atoms with E-state index in [-0.39, 0.29) is 5.91 Å². The summed E-state index contributed by atoms with van der Waals surface area (Å²) in [5.74, 6) is 0.556. The van der Waals surface area contributed by atoms with Crippen LogP contribution in [0.2, 0.25) is 0 Å². The van der Waals surface area contributed by atoms with E-state index in [2.05, 4.69) is 21.9 Å². The smallest absolute Gasteiger partial charge is 0.259 e. The Morgan fingerprint density at radius 2 is 2.12 bits per heavy atom. The van der Waals surface area contributed by atoms with Gasteiger partial charge in [0.1, 0.15) is 5.56 Å². The lowest BCUT2D eigenvalue weighted by atomic mass is 9.99. The van der Waals surface area contributed by atoms with Gasteiger partial charge in [0.25, 0.3) is 5.91 Å². The molecule has 0 N–H and O–H groups in total. The van der Waals surface area contributed by atoms with E-state index in [0.29, 0.717) is 23.2 Å². The molecule has 7 heteroatoms. The molecule has 134 valence electrons. The number of aromatic nitrogens is 3. The van der Waals surface area contributed by atoms with E-state index in [1.165, 1.54) is 0 Å². The molecule has 0 aromatic carbocycles. The average molecular weight is 343 g/mol. The predicted molar refractivity (Wildman–Crippen MR) is 93.6 cm³/mol. The van der Waals surface area contributed by atoms with Crippen LogP contribution in [0.3, 0.4) is 0 Å². The fraction of sp³-hybridized carbons (Fsp3) is 0.611. The topological polar surface area (TPSA) is 63.0 Å². The van der Waals surface area contributed by atoms with Crippen molar-refractivity contribution in [3.8, 4) is 0 Å². The van der Waals surface area contributed by atoms with Crippen molar-refractivity contribution in [1.29, 1.82) is 0 Å². The number of aryl methyl sites for hydroxylation is 1. The number of rotatable bonds is 3. The first-order chi connectivity index (χ1) is 12.2. The van der Waals surface area contributed by atoms with Crippen LogP contribution in [-0.2, 0) is 4.74 Å². The molecule has 2 saturated heterocycles. The molecule has 0 spiro atoms. The maximum Gasteiger partial charge on any atom is 0.259 e. The van der Waals surface area contributed by atoms with Crippen molar-refractivity contribution in [3.05, 3.63) is 29.7 Å². The highest BCUT2D eigenvalue weighted by molar-refractivity contribution is 5.99. The van der Waals surface area contributed by atoms with Crippen molar-refractivity contribution < 1.29 is 9.53 Å². The summed E-state index contributed by atoms with van der Waals surface area (Å²) in [7, 11) is 0. The SMILES string of the molecule is CC[C@H]1CN(C(=O)c2cnn3ccc(C)nc23)C[C@@H]1N1CCOCC1. The Bertz CT molecular complexity index is 768. The fourth-order valence-corrected chi connectivity index (χ4v) is 4.02. The number of carbonyl (C=O) groups excluding carboxylic acids is 1. The summed E-state index contributed by atoms with van der Waals surface area (Å²) in [6, 6.07) is 2.32. The fourth-order valence-electron chi connectivity index (χ4n) is 4.02. The van der Waals surface area contributed by atoms with Gasteiger partial charge in [-0.2, -0.15) is 5.10 Å². The molecule has 4 rings (SSSR count). The highest BCUT2D eigenvalue weighted by atomic mass is 16.5. The van der Waals surface area contributed by atoms with Crippen LogP contribution in [0.5, 0.6) is 0 Å². The normalized spacial score (nSPS) is 25.0. The monoisotopic (exact) mass is 343 g/mol. The van der Waals surface area contributed by atoms with Crippen LogP contribution < -0.4 is 0 Å². The Hall–Kier alpha value is -1.99. The number of nitrogens with zero attached hydrogens (tertiary/aromatic N) is 5. The molecule has 2 aromatic rings. The molecular formula is C18H25N5O2. The van der Waals surface area contributed by atoms with Gasteiger partial charge in [-0.3, -0.25) is 9.69 Å². The standard InChI is InChI=1S/C18H25N5O2/c1-3-14-11-22(12-16(14)21-6-8-25-9-7-21)18(24)15-10-19-23-5-4-13(2)20-17(15)23/h4-5,10,14,16H,3,6-9,11-12H2,1-2H3/t14-,16-/m0/s1. The number of fused-ring (bicyclic) bond motifs is 1. The van der Waals surface area contributed by atoms with Gasteiger partial charge < -0.3 is 9.64 Å². The Morgan fingerprint density at radius 3 is 2.88 bits per heavy atom. The first-order valence-electron chi connectivity index (χ1n) is 9.09. The maximum atomic E-state index is 13.1. The number of amides is 1. The van der Waals surface area contributed by atoms with Crippen molar-refractivity contribution in [1.82, 2.24) is 24.4 Å². The van der Waals surface area contributed by atoms with Gasteiger partial charge in [0.05, 0.1) is 19.4 Å². The molecule has 0 unspecified atom stereocenters. The Kier molecular flexibility index (Phi) is 4.43. The molecule has 4 heterocycles. The van der Waals surface area contributed by atoms with Crippen molar-refractivity contribution in [2.45, 2.75) is 26.3 Å². The predicted octanol–water partition coefficient (Wildman–Crippen LogP) is 1.22. The van der Waals surface area contributed by atoms with E-state index in [1.807, 2.05) is 24.1 Å². The zero-order valence-electron chi connectivity index (χ0n) is 14.9. The third-order valence-electron chi connectivity index (χ3n) is 5.47. The van der Waals surface area contributed by atoms with Gasteiger partial charge in [-0.25, -0.2) is 9.50 Å². The minimum Gasteiger partial charge on any atom is -0.379 e. The van der Waals surface area contributed by atoms with E-state index in [1.54, 1.807) is 10.7 Å². The van der Waals surface area contributed by atoms with Crippen molar-refractivity contribution in [3.63, 3.8) is 0 Å².